The summed E-state index contributed by atoms with van der Waals surface area (Å²) in [6.07, 6.45) is 0.640. The zero-order valence-electron chi connectivity index (χ0n) is 5.75. The molecular formula is C6H12O4. The Bertz CT molecular complexity index is 91.7. The maximum absolute atomic E-state index is 9.93. The van der Waals surface area contributed by atoms with Crippen molar-refractivity contribution in [2.75, 3.05) is 19.8 Å². The second-order valence-electron chi connectivity index (χ2n) is 1.83. The van der Waals surface area contributed by atoms with E-state index in [0.717, 1.165) is 0 Å². The monoisotopic (exact) mass is 148 g/mol. The molecule has 0 aromatic carbocycles. The molecule has 0 aliphatic carbocycles. The first-order valence-corrected chi connectivity index (χ1v) is 3.17. The highest BCUT2D eigenvalue weighted by molar-refractivity contribution is 5.66. The van der Waals surface area contributed by atoms with Crippen LogP contribution in [0.3, 0.4) is 0 Å². The van der Waals surface area contributed by atoms with Crippen LogP contribution in [0, 0.1) is 0 Å². The Morgan fingerprint density at radius 2 is 2.10 bits per heavy atom. The molecule has 0 aromatic heterocycles. The highest BCUT2D eigenvalue weighted by Gasteiger charge is 1.94. The lowest BCUT2D eigenvalue weighted by atomic mass is 10.3. The summed E-state index contributed by atoms with van der Waals surface area (Å²) in [4.78, 5) is 9.93. The molecule has 0 aliphatic heterocycles. The van der Waals surface area contributed by atoms with Crippen molar-refractivity contribution < 1.29 is 19.7 Å². The molecule has 4 nitrogen and oxygen atoms in total. The molecule has 4 heteroatoms. The summed E-state index contributed by atoms with van der Waals surface area (Å²) in [7, 11) is 0. The smallest absolute Gasteiger partial charge is 0.303 e. The van der Waals surface area contributed by atoms with Gasteiger partial charge in [-0.25, -0.2) is 0 Å². The number of hydrogen-bond donors (Lipinski definition) is 2. The van der Waals surface area contributed by atoms with Crippen LogP contribution in [0.2, 0.25) is 0 Å². The topological polar surface area (TPSA) is 66.8 Å². The average molecular weight is 148 g/mol. The van der Waals surface area contributed by atoms with E-state index in [9.17, 15) is 4.79 Å². The van der Waals surface area contributed by atoms with E-state index >= 15 is 0 Å². The number of aliphatic hydroxyl groups excluding tert-OH is 1. The number of carboxylic acid groups (broad SMARTS) is 1. The van der Waals surface area contributed by atoms with Gasteiger partial charge in [0.15, 0.2) is 0 Å². The lowest BCUT2D eigenvalue weighted by Crippen LogP contribution is -2.03. The molecule has 0 heterocycles. The maximum Gasteiger partial charge on any atom is 0.303 e. The number of carboxylic acids is 1. The summed E-state index contributed by atoms with van der Waals surface area (Å²) in [5, 5.41) is 16.4. The minimum Gasteiger partial charge on any atom is -0.481 e. The molecule has 0 bridgehead atoms. The van der Waals surface area contributed by atoms with E-state index in [2.05, 4.69) is 0 Å². The third-order valence-corrected chi connectivity index (χ3v) is 0.915. The van der Waals surface area contributed by atoms with Gasteiger partial charge in [-0.2, -0.15) is 0 Å². The molecule has 0 rings (SSSR count). The Kier molecular flexibility index (Phi) is 6.11. The summed E-state index contributed by atoms with van der Waals surface area (Å²) >= 11 is 0. The van der Waals surface area contributed by atoms with Crippen molar-refractivity contribution in [1.29, 1.82) is 0 Å². The Hall–Kier alpha value is -0.610. The van der Waals surface area contributed by atoms with Crippen LogP contribution in [-0.2, 0) is 9.53 Å². The fourth-order valence-electron chi connectivity index (χ4n) is 0.492. The predicted molar refractivity (Wildman–Crippen MR) is 34.8 cm³/mol. The number of carbonyl (C=O) groups is 1. The van der Waals surface area contributed by atoms with Crippen molar-refractivity contribution in [1.82, 2.24) is 0 Å². The van der Waals surface area contributed by atoms with Crippen LogP contribution in [0.15, 0.2) is 0 Å². The van der Waals surface area contributed by atoms with Gasteiger partial charge in [-0.15, -0.1) is 0 Å². The quantitative estimate of drug-likeness (QED) is 0.514. The zero-order valence-corrected chi connectivity index (χ0v) is 5.75. The van der Waals surface area contributed by atoms with Gasteiger partial charge in [-0.3, -0.25) is 4.79 Å². The summed E-state index contributed by atoms with van der Waals surface area (Å²) in [6.45, 7) is 0.694. The van der Waals surface area contributed by atoms with Crippen molar-refractivity contribution >= 4 is 5.97 Å². The lowest BCUT2D eigenvalue weighted by Gasteiger charge is -1.98. The Balaban J connectivity index is 2.84. The van der Waals surface area contributed by atoms with Crippen LogP contribution in [0.4, 0.5) is 0 Å². The summed E-state index contributed by atoms with van der Waals surface area (Å²) in [5.74, 6) is -0.812. The van der Waals surface area contributed by atoms with Gasteiger partial charge in [0.05, 0.1) is 13.2 Å². The normalized spacial score (nSPS) is 9.70. The second-order valence-corrected chi connectivity index (χ2v) is 1.83. The molecule has 60 valence electrons. The highest BCUT2D eigenvalue weighted by Crippen LogP contribution is 1.88. The summed E-state index contributed by atoms with van der Waals surface area (Å²) in [5.41, 5.74) is 0. The standard InChI is InChI=1S/C6H12O4/c7-3-5-10-4-1-2-6(8)9/h7H,1-5H2,(H,8,9). The molecule has 0 aliphatic rings. The van der Waals surface area contributed by atoms with Gasteiger partial charge in [0, 0.05) is 13.0 Å². The number of hydrogen-bond acceptors (Lipinski definition) is 3. The average Bonchev–Trinajstić information content (AvgIpc) is 1.87. The molecule has 0 saturated heterocycles. The van der Waals surface area contributed by atoms with Crippen molar-refractivity contribution in [3.05, 3.63) is 0 Å². The maximum atomic E-state index is 9.93. The lowest BCUT2D eigenvalue weighted by molar-refractivity contribution is -0.137. The fourth-order valence-corrected chi connectivity index (χ4v) is 0.492. The molecule has 0 radical (unpaired) electrons. The Morgan fingerprint density at radius 3 is 2.60 bits per heavy atom. The van der Waals surface area contributed by atoms with Crippen LogP contribution in [0.5, 0.6) is 0 Å². The van der Waals surface area contributed by atoms with Crippen LogP contribution >= 0.6 is 0 Å². The van der Waals surface area contributed by atoms with Crippen molar-refractivity contribution in [2.45, 2.75) is 12.8 Å². The molecule has 0 atom stereocenters. The number of aliphatic carboxylic acids is 1. The first-order chi connectivity index (χ1) is 4.77. The molecule has 0 fully saturated rings. The van der Waals surface area contributed by atoms with E-state index in [1.54, 1.807) is 0 Å². The molecular weight excluding hydrogens is 136 g/mol. The van der Waals surface area contributed by atoms with Crippen LogP contribution in [0.25, 0.3) is 0 Å². The molecule has 0 spiro atoms. The van der Waals surface area contributed by atoms with Crippen LogP contribution in [0.1, 0.15) is 12.8 Å². The minimum absolute atomic E-state index is 0.00687. The third-order valence-electron chi connectivity index (χ3n) is 0.915. The number of aliphatic hydroxyl groups is 1. The molecule has 0 amide bonds. The summed E-state index contributed by atoms with van der Waals surface area (Å²) in [6, 6.07) is 0. The second kappa shape index (κ2) is 6.51. The fraction of sp³-hybridized carbons (Fsp3) is 0.833. The molecule has 0 aromatic rings. The largest absolute Gasteiger partial charge is 0.481 e. The van der Waals surface area contributed by atoms with E-state index in [1.165, 1.54) is 0 Å². The molecule has 10 heavy (non-hydrogen) atoms. The van der Waals surface area contributed by atoms with Gasteiger partial charge in [0.2, 0.25) is 0 Å². The van der Waals surface area contributed by atoms with E-state index in [1.807, 2.05) is 0 Å². The van der Waals surface area contributed by atoms with Gasteiger partial charge < -0.3 is 14.9 Å². The van der Waals surface area contributed by atoms with Gasteiger partial charge in [-0.1, -0.05) is 0 Å². The SMILES string of the molecule is O=C(O)CCCOCCO. The van der Waals surface area contributed by atoms with Gasteiger partial charge in [0.25, 0.3) is 0 Å². The van der Waals surface area contributed by atoms with Crippen LogP contribution in [-0.4, -0.2) is 36.0 Å². The van der Waals surface area contributed by atoms with Gasteiger partial charge >= 0.3 is 5.97 Å². The Labute approximate surface area is 59.4 Å². The first kappa shape index (κ1) is 9.39. The highest BCUT2D eigenvalue weighted by atomic mass is 16.5. The third kappa shape index (κ3) is 7.39. The van der Waals surface area contributed by atoms with Crippen molar-refractivity contribution in [3.8, 4) is 0 Å². The van der Waals surface area contributed by atoms with E-state index in [-0.39, 0.29) is 13.0 Å². The molecule has 0 saturated carbocycles. The van der Waals surface area contributed by atoms with Gasteiger partial charge in [-0.05, 0) is 6.42 Å². The van der Waals surface area contributed by atoms with Crippen molar-refractivity contribution in [3.63, 3.8) is 0 Å². The molecule has 2 N–H and O–H groups in total. The van der Waals surface area contributed by atoms with Crippen molar-refractivity contribution in [2.24, 2.45) is 0 Å². The predicted octanol–water partition coefficient (Wildman–Crippen LogP) is -0.140. The van der Waals surface area contributed by atoms with E-state index in [4.69, 9.17) is 14.9 Å². The van der Waals surface area contributed by atoms with Gasteiger partial charge in [0.1, 0.15) is 0 Å². The minimum atomic E-state index is -0.812. The van der Waals surface area contributed by atoms with Crippen LogP contribution < -0.4 is 0 Å². The molecule has 0 unspecified atom stereocenters. The Morgan fingerprint density at radius 1 is 1.40 bits per heavy atom. The number of ether oxygens (including phenoxy) is 1. The van der Waals surface area contributed by atoms with E-state index < -0.39 is 5.97 Å². The number of rotatable bonds is 6. The summed E-state index contributed by atoms with van der Waals surface area (Å²) < 4.78 is 4.82. The first-order valence-electron chi connectivity index (χ1n) is 3.17. The zero-order chi connectivity index (χ0) is 7.82. The van der Waals surface area contributed by atoms with E-state index in [0.29, 0.717) is 19.6 Å².